The van der Waals surface area contributed by atoms with Crippen LogP contribution >= 0.6 is 0 Å². The van der Waals surface area contributed by atoms with Crippen LogP contribution in [0.2, 0.25) is 0 Å². The Morgan fingerprint density at radius 1 is 0.486 bits per heavy atom. The Morgan fingerprint density at radius 3 is 1.80 bits per heavy atom. The molecule has 5 aromatic rings. The van der Waals surface area contributed by atoms with Gasteiger partial charge in [-0.15, -0.1) is 0 Å². The van der Waals surface area contributed by atoms with Crippen LogP contribution in [0.5, 0.6) is 0 Å². The van der Waals surface area contributed by atoms with Gasteiger partial charge in [0.25, 0.3) is 0 Å². The third-order valence-electron chi connectivity index (χ3n) is 8.42. The van der Waals surface area contributed by atoms with Crippen molar-refractivity contribution in [2.75, 3.05) is 5.32 Å². The quantitative estimate of drug-likeness (QED) is 0.282. The van der Waals surface area contributed by atoms with Gasteiger partial charge in [-0.05, 0) is 68.1 Å². The summed E-state index contributed by atoms with van der Waals surface area (Å²) >= 11 is 0. The van der Waals surface area contributed by atoms with Crippen molar-refractivity contribution in [3.63, 3.8) is 0 Å². The second-order valence-electron chi connectivity index (χ2n) is 11.1. The van der Waals surface area contributed by atoms with E-state index in [1.54, 1.807) is 0 Å². The first-order valence-electron chi connectivity index (χ1n) is 12.5. The largest absolute Gasteiger partial charge is 0.355 e. The molecule has 35 heavy (non-hydrogen) atoms. The summed E-state index contributed by atoms with van der Waals surface area (Å²) in [6.45, 7) is 9.38. The molecule has 7 rings (SSSR count). The van der Waals surface area contributed by atoms with Crippen LogP contribution in [0.25, 0.3) is 33.0 Å². The number of rotatable bonds is 2. The highest BCUT2D eigenvalue weighted by Crippen LogP contribution is 2.53. The van der Waals surface area contributed by atoms with E-state index in [-0.39, 0.29) is 10.8 Å². The Kier molecular flexibility index (Phi) is 4.02. The molecule has 0 heterocycles. The van der Waals surface area contributed by atoms with Gasteiger partial charge in [-0.2, -0.15) is 0 Å². The monoisotopic (exact) mass is 451 g/mol. The Labute approximate surface area is 207 Å². The van der Waals surface area contributed by atoms with E-state index in [9.17, 15) is 0 Å². The van der Waals surface area contributed by atoms with Gasteiger partial charge in [0, 0.05) is 27.6 Å². The van der Waals surface area contributed by atoms with Crippen LogP contribution in [0, 0.1) is 0 Å². The van der Waals surface area contributed by atoms with Crippen molar-refractivity contribution in [1.29, 1.82) is 0 Å². The Bertz CT molecular complexity index is 1670. The molecule has 0 radical (unpaired) electrons. The lowest BCUT2D eigenvalue weighted by Gasteiger charge is -2.24. The summed E-state index contributed by atoms with van der Waals surface area (Å²) in [7, 11) is 0. The summed E-state index contributed by atoms with van der Waals surface area (Å²) < 4.78 is 0. The molecule has 0 saturated heterocycles. The summed E-state index contributed by atoms with van der Waals surface area (Å²) in [5.74, 6) is 0. The van der Waals surface area contributed by atoms with Crippen molar-refractivity contribution in [1.82, 2.24) is 0 Å². The second-order valence-corrected chi connectivity index (χ2v) is 11.1. The smallest absolute Gasteiger partial charge is 0.0470 e. The molecule has 1 N–H and O–H groups in total. The first-order valence-corrected chi connectivity index (χ1v) is 12.5. The fourth-order valence-corrected chi connectivity index (χ4v) is 6.72. The number of benzene rings is 5. The molecule has 0 unspecified atom stereocenters. The predicted octanol–water partition coefficient (Wildman–Crippen LogP) is 9.20. The molecule has 2 aliphatic carbocycles. The van der Waals surface area contributed by atoms with Gasteiger partial charge < -0.3 is 5.32 Å². The van der Waals surface area contributed by atoms with Crippen LogP contribution in [-0.2, 0) is 10.8 Å². The van der Waals surface area contributed by atoms with Crippen LogP contribution in [-0.4, -0.2) is 0 Å². The maximum absolute atomic E-state index is 3.82. The van der Waals surface area contributed by atoms with E-state index >= 15 is 0 Å². The highest BCUT2D eigenvalue weighted by molar-refractivity contribution is 6.05. The summed E-state index contributed by atoms with van der Waals surface area (Å²) in [4.78, 5) is 0. The highest BCUT2D eigenvalue weighted by atomic mass is 14.9. The normalized spacial score (nSPS) is 15.9. The summed E-state index contributed by atoms with van der Waals surface area (Å²) in [5.41, 5.74) is 13.4. The van der Waals surface area contributed by atoms with Crippen molar-refractivity contribution < 1.29 is 0 Å². The molecule has 0 bridgehead atoms. The van der Waals surface area contributed by atoms with Gasteiger partial charge in [-0.3, -0.25) is 0 Å². The zero-order valence-corrected chi connectivity index (χ0v) is 20.7. The lowest BCUT2D eigenvalue weighted by Crippen LogP contribution is -2.15. The Balaban J connectivity index is 1.41. The molecule has 1 heteroatoms. The summed E-state index contributed by atoms with van der Waals surface area (Å²) in [5, 5.41) is 6.43. The maximum Gasteiger partial charge on any atom is 0.0470 e. The molecule has 0 saturated carbocycles. The van der Waals surface area contributed by atoms with E-state index in [1.807, 2.05) is 0 Å². The second kappa shape index (κ2) is 6.86. The molecule has 1 nitrogen and oxygen atoms in total. The van der Waals surface area contributed by atoms with Crippen molar-refractivity contribution in [3.8, 4) is 22.3 Å². The molecule has 2 aliphatic rings. The minimum Gasteiger partial charge on any atom is -0.355 e. The van der Waals surface area contributed by atoms with Gasteiger partial charge in [0.2, 0.25) is 0 Å². The van der Waals surface area contributed by atoms with Crippen LogP contribution in [0.1, 0.15) is 49.9 Å². The number of nitrogens with one attached hydrogen (secondary N) is 1. The minimum absolute atomic E-state index is 0.0209. The van der Waals surface area contributed by atoms with Crippen molar-refractivity contribution in [2.45, 2.75) is 38.5 Å². The average Bonchev–Trinajstić information content (AvgIpc) is 3.24. The van der Waals surface area contributed by atoms with E-state index < -0.39 is 0 Å². The highest BCUT2D eigenvalue weighted by Gasteiger charge is 2.38. The fraction of sp³-hybridized carbons (Fsp3) is 0.176. The average molecular weight is 452 g/mol. The number of fused-ring (bicyclic) bond motifs is 8. The third kappa shape index (κ3) is 2.70. The molecule has 0 fully saturated rings. The molecular formula is C34H29N. The fourth-order valence-electron chi connectivity index (χ4n) is 6.72. The van der Waals surface area contributed by atoms with Crippen LogP contribution in [0.15, 0.2) is 97.1 Å². The van der Waals surface area contributed by atoms with Crippen LogP contribution in [0.4, 0.5) is 11.4 Å². The van der Waals surface area contributed by atoms with Gasteiger partial charge in [-0.25, -0.2) is 0 Å². The minimum atomic E-state index is -0.0209. The zero-order valence-electron chi connectivity index (χ0n) is 20.7. The van der Waals surface area contributed by atoms with E-state index in [2.05, 4.69) is 130 Å². The lowest BCUT2D eigenvalue weighted by molar-refractivity contribution is 0.660. The van der Waals surface area contributed by atoms with Gasteiger partial charge in [0.15, 0.2) is 0 Å². The van der Waals surface area contributed by atoms with Crippen molar-refractivity contribution in [2.24, 2.45) is 0 Å². The van der Waals surface area contributed by atoms with Gasteiger partial charge in [-0.1, -0.05) is 107 Å². The van der Waals surface area contributed by atoms with E-state index in [1.165, 1.54) is 55.3 Å². The molecule has 0 amide bonds. The molecule has 0 aliphatic heterocycles. The number of hydrogen-bond donors (Lipinski definition) is 1. The first-order chi connectivity index (χ1) is 16.9. The molecule has 170 valence electrons. The topological polar surface area (TPSA) is 12.0 Å². The lowest BCUT2D eigenvalue weighted by atomic mass is 9.80. The third-order valence-corrected chi connectivity index (χ3v) is 8.42. The molecular weight excluding hydrogens is 422 g/mol. The predicted molar refractivity (Wildman–Crippen MR) is 149 cm³/mol. The SMILES string of the molecule is CC1(C)c2ccccc2-c2cc(Nc3cc4c(c5ccccc35)C(C)(C)c3ccccc3-4)ccc21. The van der Waals surface area contributed by atoms with E-state index in [0.29, 0.717) is 0 Å². The Hall–Kier alpha value is -3.84. The molecule has 0 atom stereocenters. The summed E-state index contributed by atoms with van der Waals surface area (Å²) in [6.07, 6.45) is 0. The molecule has 0 spiro atoms. The van der Waals surface area contributed by atoms with Gasteiger partial charge in [0.1, 0.15) is 0 Å². The number of anilines is 2. The summed E-state index contributed by atoms with van der Waals surface area (Å²) in [6, 6.07) is 35.8. The first kappa shape index (κ1) is 20.5. The van der Waals surface area contributed by atoms with Gasteiger partial charge >= 0.3 is 0 Å². The zero-order chi connectivity index (χ0) is 23.9. The standard InChI is InChI=1S/C34H29N/c1-33(2)28-15-9-7-11-22(28)26-19-21(17-18-30(26)33)35-31-20-27-23-12-8-10-16-29(23)34(3,4)32(27)25-14-6-5-13-24(25)31/h5-20,35H,1-4H3. The van der Waals surface area contributed by atoms with E-state index in [4.69, 9.17) is 0 Å². The van der Waals surface area contributed by atoms with Crippen LogP contribution < -0.4 is 5.32 Å². The van der Waals surface area contributed by atoms with Crippen molar-refractivity contribution >= 4 is 22.1 Å². The van der Waals surface area contributed by atoms with Gasteiger partial charge in [0.05, 0.1) is 0 Å². The maximum atomic E-state index is 3.82. The molecule has 0 aromatic heterocycles. The van der Waals surface area contributed by atoms with Crippen LogP contribution in [0.3, 0.4) is 0 Å². The number of hydrogen-bond acceptors (Lipinski definition) is 1. The Morgan fingerprint density at radius 2 is 1.06 bits per heavy atom. The van der Waals surface area contributed by atoms with E-state index in [0.717, 1.165) is 11.4 Å². The van der Waals surface area contributed by atoms with Crippen molar-refractivity contribution in [3.05, 3.63) is 119 Å². The molecule has 5 aromatic carbocycles.